The molecule has 3 aromatic carbocycles. The first-order valence-corrected chi connectivity index (χ1v) is 10.7. The molecule has 0 aliphatic carbocycles. The third kappa shape index (κ3) is 3.57. The summed E-state index contributed by atoms with van der Waals surface area (Å²) in [5, 5.41) is 4.42. The second-order valence-corrected chi connectivity index (χ2v) is 8.13. The maximum absolute atomic E-state index is 13.3. The monoisotopic (exact) mass is 453 g/mol. The molecule has 1 aliphatic rings. The molecule has 1 aromatic heterocycles. The number of carbonyl (C=O) groups excluding carboxylic acids is 3. The Hall–Kier alpha value is -4.52. The maximum atomic E-state index is 13.3. The Morgan fingerprint density at radius 1 is 0.824 bits per heavy atom. The van der Waals surface area contributed by atoms with Crippen molar-refractivity contribution in [2.45, 2.75) is 13.8 Å². The van der Waals surface area contributed by atoms with Gasteiger partial charge >= 0.3 is 6.03 Å². The lowest BCUT2D eigenvalue weighted by molar-refractivity contribution is -0.122. The van der Waals surface area contributed by atoms with Gasteiger partial charge in [0.15, 0.2) is 0 Å². The maximum Gasteiger partial charge on any atom is 0.335 e. The number of barbiturate groups is 1. The van der Waals surface area contributed by atoms with E-state index in [1.165, 1.54) is 18.2 Å². The van der Waals surface area contributed by atoms with E-state index in [4.69, 9.17) is 0 Å². The number of hydrogen-bond acceptors (Lipinski definition) is 3. The molecule has 0 radical (unpaired) electrons. The molecule has 168 valence electrons. The Balaban J connectivity index is 1.56. The molecule has 5 rings (SSSR count). The minimum atomic E-state index is -0.875. The third-order valence-electron chi connectivity index (χ3n) is 5.95. The van der Waals surface area contributed by atoms with Crippen molar-refractivity contribution in [1.29, 1.82) is 0 Å². The normalized spacial score (nSPS) is 15.3. The van der Waals surface area contributed by atoms with Gasteiger partial charge in [0.1, 0.15) is 11.4 Å². The summed E-state index contributed by atoms with van der Waals surface area (Å²) in [6, 6.07) is 20.1. The van der Waals surface area contributed by atoms with Gasteiger partial charge in [-0.3, -0.25) is 14.9 Å². The molecule has 2 heterocycles. The van der Waals surface area contributed by atoms with E-state index in [1.807, 2.05) is 60.9 Å². The summed E-state index contributed by atoms with van der Waals surface area (Å²) in [6.07, 6.45) is 1.49. The highest BCUT2D eigenvalue weighted by Gasteiger charge is 2.37. The van der Waals surface area contributed by atoms with E-state index in [0.29, 0.717) is 5.56 Å². The fourth-order valence-corrected chi connectivity index (χ4v) is 4.28. The van der Waals surface area contributed by atoms with Gasteiger partial charge in [0.2, 0.25) is 0 Å². The molecule has 6 nitrogen and oxygen atoms in total. The number of urea groups is 1. The van der Waals surface area contributed by atoms with Crippen molar-refractivity contribution >= 4 is 40.4 Å². The molecule has 34 heavy (non-hydrogen) atoms. The van der Waals surface area contributed by atoms with Crippen LogP contribution in [0.25, 0.3) is 22.5 Å². The van der Waals surface area contributed by atoms with Gasteiger partial charge in [0.25, 0.3) is 11.8 Å². The van der Waals surface area contributed by atoms with E-state index < -0.39 is 23.7 Å². The fraction of sp³-hybridized carbons (Fsp3) is 0.0741. The van der Waals surface area contributed by atoms with Gasteiger partial charge in [-0.2, -0.15) is 0 Å². The summed E-state index contributed by atoms with van der Waals surface area (Å²) in [5.41, 5.74) is 3.39. The summed E-state index contributed by atoms with van der Waals surface area (Å²) in [4.78, 5) is 38.9. The fourth-order valence-electron chi connectivity index (χ4n) is 4.28. The van der Waals surface area contributed by atoms with E-state index in [-0.39, 0.29) is 11.3 Å². The van der Waals surface area contributed by atoms with Crippen molar-refractivity contribution in [3.8, 4) is 5.69 Å². The Kier molecular flexibility index (Phi) is 5.09. The number of rotatable bonds is 3. The van der Waals surface area contributed by atoms with Crippen LogP contribution >= 0.6 is 0 Å². The van der Waals surface area contributed by atoms with Crippen LogP contribution in [0, 0.1) is 19.7 Å². The van der Waals surface area contributed by atoms with Crippen LogP contribution in [-0.4, -0.2) is 22.4 Å². The van der Waals surface area contributed by atoms with E-state index in [0.717, 1.165) is 44.9 Å². The number of nitrogens with zero attached hydrogens (tertiary/aromatic N) is 2. The Morgan fingerprint density at radius 2 is 1.50 bits per heavy atom. The van der Waals surface area contributed by atoms with Crippen LogP contribution in [-0.2, 0) is 9.59 Å². The number of aromatic nitrogens is 1. The lowest BCUT2D eigenvalue weighted by Crippen LogP contribution is -2.54. The molecule has 1 saturated heterocycles. The number of hydrogen-bond donors (Lipinski definition) is 1. The highest BCUT2D eigenvalue weighted by Crippen LogP contribution is 2.27. The highest BCUT2D eigenvalue weighted by atomic mass is 19.1. The molecule has 1 fully saturated rings. The number of aryl methyl sites for hydroxylation is 1. The third-order valence-corrected chi connectivity index (χ3v) is 5.95. The molecule has 4 amide bonds. The number of nitrogens with one attached hydrogen (secondary N) is 1. The summed E-state index contributed by atoms with van der Waals surface area (Å²) in [7, 11) is 0. The first-order chi connectivity index (χ1) is 16.3. The molecule has 0 spiro atoms. The number of imide groups is 2. The van der Waals surface area contributed by atoms with Gasteiger partial charge in [-0.25, -0.2) is 14.1 Å². The topological polar surface area (TPSA) is 71.4 Å². The first-order valence-electron chi connectivity index (χ1n) is 10.7. The van der Waals surface area contributed by atoms with Crippen LogP contribution in [0.5, 0.6) is 0 Å². The van der Waals surface area contributed by atoms with Gasteiger partial charge in [-0.1, -0.05) is 30.3 Å². The van der Waals surface area contributed by atoms with Gasteiger partial charge in [-0.15, -0.1) is 0 Å². The molecular formula is C27H20FN3O3. The van der Waals surface area contributed by atoms with E-state index >= 15 is 0 Å². The summed E-state index contributed by atoms with van der Waals surface area (Å²) >= 11 is 0. The minimum absolute atomic E-state index is 0.170. The zero-order valence-corrected chi connectivity index (χ0v) is 18.5. The standard InChI is InChI=1S/C27H20FN3O3/c1-16-13-20(17(2)30(16)23-10-7-18-5-3-4-6-19(18)14-23)15-24-25(32)29-27(34)31(26(24)33)22-11-8-21(28)9-12-22/h3-15H,1-2H3,(H,29,32,34)/b24-15+. The number of anilines is 1. The van der Waals surface area contributed by atoms with Crippen molar-refractivity contribution in [2.75, 3.05) is 4.90 Å². The molecule has 1 aliphatic heterocycles. The Bertz CT molecular complexity index is 1520. The molecule has 0 atom stereocenters. The van der Waals surface area contributed by atoms with Crippen LogP contribution in [0.4, 0.5) is 14.9 Å². The van der Waals surface area contributed by atoms with Crippen LogP contribution in [0.15, 0.2) is 78.4 Å². The summed E-state index contributed by atoms with van der Waals surface area (Å²) in [6.45, 7) is 3.85. The molecule has 0 saturated carbocycles. The van der Waals surface area contributed by atoms with Crippen molar-refractivity contribution in [3.05, 3.63) is 101 Å². The SMILES string of the molecule is Cc1cc(/C=C2\C(=O)NC(=O)N(c3ccc(F)cc3)C2=O)c(C)n1-c1ccc2ccccc2c1. The number of benzene rings is 3. The molecule has 0 unspecified atom stereocenters. The number of halogens is 1. The average molecular weight is 453 g/mol. The zero-order chi connectivity index (χ0) is 24.0. The predicted octanol–water partition coefficient (Wildman–Crippen LogP) is 5.05. The quantitative estimate of drug-likeness (QED) is 0.348. The van der Waals surface area contributed by atoms with E-state index in [9.17, 15) is 18.8 Å². The molecule has 7 heteroatoms. The largest absolute Gasteiger partial charge is 0.335 e. The summed E-state index contributed by atoms with van der Waals surface area (Å²) < 4.78 is 15.4. The van der Waals surface area contributed by atoms with Crippen LogP contribution < -0.4 is 10.2 Å². The van der Waals surface area contributed by atoms with Gasteiger partial charge in [-0.05, 0) is 78.7 Å². The smallest absolute Gasteiger partial charge is 0.318 e. The van der Waals surface area contributed by atoms with Crippen molar-refractivity contribution < 1.29 is 18.8 Å². The van der Waals surface area contributed by atoms with Gasteiger partial charge in [0.05, 0.1) is 5.69 Å². The summed E-state index contributed by atoms with van der Waals surface area (Å²) in [5.74, 6) is -2.04. The minimum Gasteiger partial charge on any atom is -0.318 e. The molecule has 1 N–H and O–H groups in total. The van der Waals surface area contributed by atoms with Crippen molar-refractivity contribution in [2.24, 2.45) is 0 Å². The Morgan fingerprint density at radius 3 is 2.24 bits per heavy atom. The van der Waals surface area contributed by atoms with E-state index in [1.54, 1.807) is 0 Å². The van der Waals surface area contributed by atoms with E-state index in [2.05, 4.69) is 11.4 Å². The molecular weight excluding hydrogens is 433 g/mol. The van der Waals surface area contributed by atoms with Crippen LogP contribution in [0.1, 0.15) is 17.0 Å². The molecule has 4 aromatic rings. The van der Waals surface area contributed by atoms with Crippen molar-refractivity contribution in [1.82, 2.24) is 9.88 Å². The first kappa shape index (κ1) is 21.3. The predicted molar refractivity (Wildman–Crippen MR) is 128 cm³/mol. The second kappa shape index (κ2) is 8.12. The zero-order valence-electron chi connectivity index (χ0n) is 18.5. The number of carbonyl (C=O) groups is 3. The lowest BCUT2D eigenvalue weighted by Gasteiger charge is -2.26. The van der Waals surface area contributed by atoms with Crippen LogP contribution in [0.2, 0.25) is 0 Å². The Labute approximate surface area is 194 Å². The van der Waals surface area contributed by atoms with Crippen LogP contribution in [0.3, 0.4) is 0 Å². The van der Waals surface area contributed by atoms with Crippen molar-refractivity contribution in [3.63, 3.8) is 0 Å². The number of fused-ring (bicyclic) bond motifs is 1. The number of amides is 4. The molecule has 0 bridgehead atoms. The highest BCUT2D eigenvalue weighted by molar-refractivity contribution is 6.39. The average Bonchev–Trinajstić information content (AvgIpc) is 3.10. The lowest BCUT2D eigenvalue weighted by atomic mass is 10.1. The van der Waals surface area contributed by atoms with Gasteiger partial charge < -0.3 is 4.57 Å². The van der Waals surface area contributed by atoms with Gasteiger partial charge in [0, 0.05) is 17.1 Å². The second-order valence-electron chi connectivity index (χ2n) is 8.13.